The highest BCUT2D eigenvalue weighted by atomic mass is 35.5. The number of carbonyl (C=O) groups excluding carboxylic acids is 2. The van der Waals surface area contributed by atoms with Crippen molar-refractivity contribution in [2.24, 2.45) is 0 Å². The molecule has 1 saturated heterocycles. The molecule has 1 aliphatic rings. The van der Waals surface area contributed by atoms with Gasteiger partial charge in [0.2, 0.25) is 5.91 Å². The van der Waals surface area contributed by atoms with Gasteiger partial charge >= 0.3 is 6.09 Å². The van der Waals surface area contributed by atoms with Crippen LogP contribution >= 0.6 is 11.6 Å². The highest BCUT2D eigenvalue weighted by Crippen LogP contribution is 2.29. The average Bonchev–Trinajstić information content (AvgIpc) is 2.69. The number of ether oxygens (including phenoxy) is 1. The summed E-state index contributed by atoms with van der Waals surface area (Å²) in [6, 6.07) is 14.4. The highest BCUT2D eigenvalue weighted by molar-refractivity contribution is 6.33. The fourth-order valence-electron chi connectivity index (χ4n) is 3.14. The average molecular weight is 388 g/mol. The molecule has 6 nitrogen and oxygen atoms in total. The molecule has 0 saturated carbocycles. The molecule has 2 amide bonds. The van der Waals surface area contributed by atoms with Crippen molar-refractivity contribution in [1.82, 2.24) is 0 Å². The van der Waals surface area contributed by atoms with Crippen LogP contribution in [0, 0.1) is 0 Å². The van der Waals surface area contributed by atoms with Crippen molar-refractivity contribution in [3.05, 3.63) is 53.6 Å². The number of anilines is 3. The molecule has 142 valence electrons. The normalized spacial score (nSPS) is 16.8. The molecule has 1 unspecified atom stereocenters. The first-order valence-electron chi connectivity index (χ1n) is 8.75. The Morgan fingerprint density at radius 2 is 1.93 bits per heavy atom. The lowest BCUT2D eigenvalue weighted by atomic mass is 10.0. The number of benzene rings is 2. The molecule has 2 aromatic carbocycles. The van der Waals surface area contributed by atoms with Gasteiger partial charge < -0.3 is 15.0 Å². The topological polar surface area (TPSA) is 61.9 Å². The molecule has 2 aromatic rings. The maximum absolute atomic E-state index is 12.9. The fourth-order valence-corrected chi connectivity index (χ4v) is 3.38. The van der Waals surface area contributed by atoms with Crippen LogP contribution in [0.2, 0.25) is 5.02 Å². The van der Waals surface area contributed by atoms with E-state index in [9.17, 15) is 9.59 Å². The summed E-state index contributed by atoms with van der Waals surface area (Å²) in [6.07, 6.45) is 1.20. The number of rotatable bonds is 4. The van der Waals surface area contributed by atoms with Gasteiger partial charge in [-0.1, -0.05) is 23.7 Å². The van der Waals surface area contributed by atoms with E-state index < -0.39 is 6.09 Å². The van der Waals surface area contributed by atoms with Crippen LogP contribution in [0.15, 0.2) is 48.5 Å². The second-order valence-electron chi connectivity index (χ2n) is 6.36. The van der Waals surface area contributed by atoms with Gasteiger partial charge in [0.15, 0.2) is 0 Å². The number of halogens is 1. The third-order valence-electron chi connectivity index (χ3n) is 4.63. The van der Waals surface area contributed by atoms with Crippen LogP contribution in [-0.4, -0.2) is 38.7 Å². The molecule has 7 heteroatoms. The Hall–Kier alpha value is -2.73. The highest BCUT2D eigenvalue weighted by Gasteiger charge is 2.30. The van der Waals surface area contributed by atoms with Gasteiger partial charge in [0.1, 0.15) is 6.04 Å². The van der Waals surface area contributed by atoms with Gasteiger partial charge in [-0.05, 0) is 49.2 Å². The van der Waals surface area contributed by atoms with E-state index >= 15 is 0 Å². The lowest BCUT2D eigenvalue weighted by Gasteiger charge is -2.33. The van der Waals surface area contributed by atoms with Gasteiger partial charge in [-0.3, -0.25) is 9.69 Å². The summed E-state index contributed by atoms with van der Waals surface area (Å²) in [6.45, 7) is 0.656. The van der Waals surface area contributed by atoms with Crippen molar-refractivity contribution in [3.63, 3.8) is 0 Å². The first-order valence-corrected chi connectivity index (χ1v) is 9.13. The molecule has 1 atom stereocenters. The second-order valence-corrected chi connectivity index (χ2v) is 6.76. The van der Waals surface area contributed by atoms with E-state index in [1.54, 1.807) is 30.1 Å². The third kappa shape index (κ3) is 4.17. The smallest absolute Gasteiger partial charge is 0.413 e. The molecule has 0 bridgehead atoms. The number of nitrogens with one attached hydrogen (secondary N) is 1. The van der Waals surface area contributed by atoms with Crippen LogP contribution < -0.4 is 15.1 Å². The Balaban J connectivity index is 1.71. The quantitative estimate of drug-likeness (QED) is 0.856. The summed E-state index contributed by atoms with van der Waals surface area (Å²) in [7, 11) is 2.98. The minimum Gasteiger partial charge on any atom is -0.452 e. The van der Waals surface area contributed by atoms with Crippen LogP contribution in [-0.2, 0) is 9.53 Å². The molecule has 0 radical (unpaired) electrons. The third-order valence-corrected chi connectivity index (χ3v) is 4.95. The van der Waals surface area contributed by atoms with Gasteiger partial charge in [0, 0.05) is 25.0 Å². The van der Waals surface area contributed by atoms with Crippen LogP contribution in [0.1, 0.15) is 12.8 Å². The number of hydrogen-bond acceptors (Lipinski definition) is 4. The predicted octanol–water partition coefficient (Wildman–Crippen LogP) is 4.15. The molecule has 0 spiro atoms. The zero-order valence-electron chi connectivity index (χ0n) is 15.3. The number of hydrogen-bond donors (Lipinski definition) is 1. The molecule has 1 aliphatic heterocycles. The Bertz CT molecular complexity index is 825. The van der Waals surface area contributed by atoms with Gasteiger partial charge in [0.05, 0.1) is 17.8 Å². The number of carbonyl (C=O) groups is 2. The summed E-state index contributed by atoms with van der Waals surface area (Å²) < 4.78 is 4.71. The van der Waals surface area contributed by atoms with Gasteiger partial charge in [-0.25, -0.2) is 4.79 Å². The largest absolute Gasteiger partial charge is 0.452 e. The number of para-hydroxylation sites is 1. The van der Waals surface area contributed by atoms with Crippen molar-refractivity contribution in [2.45, 2.75) is 18.9 Å². The molecular formula is C20H22ClN3O3. The zero-order chi connectivity index (χ0) is 19.4. The summed E-state index contributed by atoms with van der Waals surface area (Å²) in [5, 5.41) is 3.86. The van der Waals surface area contributed by atoms with Gasteiger partial charge in [-0.2, -0.15) is 0 Å². The minimum atomic E-state index is -0.437. The molecular weight excluding hydrogens is 366 g/mol. The van der Waals surface area contributed by atoms with E-state index in [1.807, 2.05) is 30.3 Å². The molecule has 3 rings (SSSR count). The van der Waals surface area contributed by atoms with E-state index in [2.05, 4.69) is 5.32 Å². The van der Waals surface area contributed by atoms with E-state index in [4.69, 9.17) is 16.3 Å². The van der Waals surface area contributed by atoms with Crippen molar-refractivity contribution < 1.29 is 14.3 Å². The molecule has 27 heavy (non-hydrogen) atoms. The van der Waals surface area contributed by atoms with E-state index in [-0.39, 0.29) is 11.9 Å². The van der Waals surface area contributed by atoms with Crippen molar-refractivity contribution in [1.29, 1.82) is 0 Å². The monoisotopic (exact) mass is 387 g/mol. The van der Waals surface area contributed by atoms with Crippen LogP contribution in [0.4, 0.5) is 21.9 Å². The molecule has 1 heterocycles. The lowest BCUT2D eigenvalue weighted by Crippen LogP contribution is -2.47. The van der Waals surface area contributed by atoms with Crippen LogP contribution in [0.25, 0.3) is 0 Å². The first-order chi connectivity index (χ1) is 13.0. The fraction of sp³-hybridized carbons (Fsp3) is 0.300. The Kier molecular flexibility index (Phi) is 5.86. The first kappa shape index (κ1) is 19.0. The maximum atomic E-state index is 12.9. The number of nitrogens with zero attached hydrogens (tertiary/aromatic N) is 2. The van der Waals surface area contributed by atoms with Crippen molar-refractivity contribution >= 4 is 40.7 Å². The maximum Gasteiger partial charge on any atom is 0.413 e. The standard InChI is InChI=1S/C20H22ClN3O3/c1-23(20(26)27-2)15-11-9-14(10-12-15)22-17-7-5-13-24(19(17)25)18-8-4-3-6-16(18)21/h3-4,6,8-12,17,22H,5,7,13H2,1-2H3. The number of piperidine rings is 1. The minimum absolute atomic E-state index is 0.00473. The number of amides is 2. The Labute approximate surface area is 163 Å². The van der Waals surface area contributed by atoms with Crippen molar-refractivity contribution in [3.8, 4) is 0 Å². The Morgan fingerprint density at radius 3 is 2.59 bits per heavy atom. The summed E-state index contributed by atoms with van der Waals surface area (Å²) >= 11 is 6.26. The second kappa shape index (κ2) is 8.31. The lowest BCUT2D eigenvalue weighted by molar-refractivity contribution is -0.120. The Morgan fingerprint density at radius 1 is 1.22 bits per heavy atom. The molecule has 0 aromatic heterocycles. The van der Waals surface area contributed by atoms with E-state index in [0.717, 1.165) is 24.2 Å². The predicted molar refractivity (Wildman–Crippen MR) is 108 cm³/mol. The van der Waals surface area contributed by atoms with Crippen molar-refractivity contribution in [2.75, 3.05) is 35.8 Å². The molecule has 1 N–H and O–H groups in total. The SMILES string of the molecule is COC(=O)N(C)c1ccc(NC2CCCN(c3ccccc3Cl)C2=O)cc1. The molecule has 1 fully saturated rings. The van der Waals surface area contributed by atoms with E-state index in [1.165, 1.54) is 12.0 Å². The van der Waals surface area contributed by atoms with Crippen LogP contribution in [0.5, 0.6) is 0 Å². The van der Waals surface area contributed by atoms with Crippen LogP contribution in [0.3, 0.4) is 0 Å². The summed E-state index contributed by atoms with van der Waals surface area (Å²) in [4.78, 5) is 27.7. The van der Waals surface area contributed by atoms with Gasteiger partial charge in [-0.15, -0.1) is 0 Å². The zero-order valence-corrected chi connectivity index (χ0v) is 16.1. The van der Waals surface area contributed by atoms with E-state index in [0.29, 0.717) is 17.3 Å². The molecule has 0 aliphatic carbocycles. The summed E-state index contributed by atoms with van der Waals surface area (Å²) in [5.41, 5.74) is 2.27. The summed E-state index contributed by atoms with van der Waals surface area (Å²) in [5.74, 6) is 0.00473. The van der Waals surface area contributed by atoms with Gasteiger partial charge in [0.25, 0.3) is 0 Å². The number of methoxy groups -OCH3 is 1.